The Hall–Kier alpha value is -3.26. The maximum Gasteiger partial charge on any atom is 0.271 e. The minimum atomic E-state index is -0.643. The van der Waals surface area contributed by atoms with Gasteiger partial charge in [-0.2, -0.15) is 0 Å². The van der Waals surface area contributed by atoms with Crippen molar-refractivity contribution in [1.29, 1.82) is 0 Å². The summed E-state index contributed by atoms with van der Waals surface area (Å²) in [6.07, 6.45) is 2.43. The molecule has 126 valence electrons. The van der Waals surface area contributed by atoms with Gasteiger partial charge in [-0.15, -0.1) is 12.4 Å². The summed E-state index contributed by atoms with van der Waals surface area (Å²) in [5, 5.41) is 32.2. The fourth-order valence-electron chi connectivity index (χ4n) is 1.78. The number of anilines is 2. The molecule has 0 fully saturated rings. The highest BCUT2D eigenvalue weighted by Crippen LogP contribution is 2.28. The zero-order chi connectivity index (χ0) is 17.0. The van der Waals surface area contributed by atoms with Gasteiger partial charge >= 0.3 is 0 Å². The first-order valence-electron chi connectivity index (χ1n) is 6.42. The maximum absolute atomic E-state index is 11.8. The number of carbonyl (C=O) groups excluding carboxylic acids is 1. The van der Waals surface area contributed by atoms with Crippen LogP contribution in [0.1, 0.15) is 5.56 Å². The molecule has 2 aromatic carbocycles. The molecule has 0 aromatic heterocycles. The first kappa shape index (κ1) is 18.8. The smallest absolute Gasteiger partial charge is 0.271 e. The Morgan fingerprint density at radius 1 is 1.17 bits per heavy atom. The van der Waals surface area contributed by atoms with Crippen LogP contribution in [0.4, 0.5) is 17.1 Å². The summed E-state index contributed by atoms with van der Waals surface area (Å²) in [4.78, 5) is 21.9. The normalized spacial score (nSPS) is 10.2. The minimum Gasteiger partial charge on any atom is -0.507 e. The van der Waals surface area contributed by atoms with Crippen LogP contribution in [0, 0.1) is 10.1 Å². The number of hydrogen-bond acceptors (Lipinski definition) is 6. The van der Waals surface area contributed by atoms with Crippen LogP contribution in [0.15, 0.2) is 42.5 Å². The lowest BCUT2D eigenvalue weighted by Crippen LogP contribution is -2.08. The number of benzene rings is 2. The standard InChI is InChI=1S/C15H13N3O5.ClH/c16-10-2-4-13(19)9(7-10)1-6-15(21)17-12-8-11(18(22)23)3-5-14(12)20;/h1-8,19-20H,16H2,(H,17,21);1H/b6-1+;. The third-order valence-corrected chi connectivity index (χ3v) is 2.91. The van der Waals surface area contributed by atoms with E-state index in [-0.39, 0.29) is 35.3 Å². The number of nitrogens with zero attached hydrogens (tertiary/aromatic N) is 1. The van der Waals surface area contributed by atoms with Gasteiger partial charge in [-0.3, -0.25) is 14.9 Å². The fourth-order valence-corrected chi connectivity index (χ4v) is 1.78. The van der Waals surface area contributed by atoms with Crippen molar-refractivity contribution in [2.45, 2.75) is 0 Å². The van der Waals surface area contributed by atoms with Crippen molar-refractivity contribution >= 4 is 41.5 Å². The van der Waals surface area contributed by atoms with Crippen LogP contribution in [-0.4, -0.2) is 21.0 Å². The van der Waals surface area contributed by atoms with Gasteiger partial charge in [-0.1, -0.05) is 0 Å². The molecule has 0 unspecified atom stereocenters. The Balaban J connectivity index is 0.00000288. The van der Waals surface area contributed by atoms with Crippen LogP contribution in [0.5, 0.6) is 11.5 Å². The van der Waals surface area contributed by atoms with Gasteiger partial charge in [-0.25, -0.2) is 0 Å². The number of phenolic OH excluding ortho intramolecular Hbond substituents is 2. The average molecular weight is 352 g/mol. The van der Waals surface area contributed by atoms with Crippen LogP contribution >= 0.6 is 12.4 Å². The van der Waals surface area contributed by atoms with Gasteiger partial charge in [-0.05, 0) is 30.3 Å². The fraction of sp³-hybridized carbons (Fsp3) is 0. The molecular weight excluding hydrogens is 338 g/mol. The van der Waals surface area contributed by atoms with Crippen LogP contribution in [0.25, 0.3) is 6.08 Å². The molecule has 0 aliphatic carbocycles. The highest BCUT2D eigenvalue weighted by atomic mass is 35.5. The summed E-state index contributed by atoms with van der Waals surface area (Å²) in [5.41, 5.74) is 5.97. The summed E-state index contributed by atoms with van der Waals surface area (Å²) in [6.45, 7) is 0. The molecule has 0 atom stereocenters. The van der Waals surface area contributed by atoms with Crippen molar-refractivity contribution in [3.8, 4) is 11.5 Å². The van der Waals surface area contributed by atoms with Gasteiger partial charge in [0.05, 0.1) is 10.6 Å². The summed E-state index contributed by atoms with van der Waals surface area (Å²) in [6, 6.07) is 7.64. The lowest BCUT2D eigenvalue weighted by atomic mass is 10.1. The van der Waals surface area contributed by atoms with E-state index >= 15 is 0 Å². The molecule has 8 nitrogen and oxygen atoms in total. The van der Waals surface area contributed by atoms with Gasteiger partial charge in [0.25, 0.3) is 5.69 Å². The average Bonchev–Trinajstić information content (AvgIpc) is 2.50. The van der Waals surface area contributed by atoms with Crippen molar-refractivity contribution in [1.82, 2.24) is 0 Å². The van der Waals surface area contributed by atoms with E-state index in [1.54, 1.807) is 0 Å². The largest absolute Gasteiger partial charge is 0.507 e. The summed E-state index contributed by atoms with van der Waals surface area (Å²) in [7, 11) is 0. The number of hydrogen-bond donors (Lipinski definition) is 4. The van der Waals surface area contributed by atoms with Crippen LogP contribution in [-0.2, 0) is 4.79 Å². The number of phenols is 2. The molecule has 0 bridgehead atoms. The molecular formula is C15H14ClN3O5. The number of nitrogen functional groups attached to an aromatic ring is 1. The number of non-ortho nitro benzene ring substituents is 1. The SMILES string of the molecule is Cl.Nc1ccc(O)c(/C=C/C(=O)Nc2cc([N+](=O)[O-])ccc2O)c1. The number of amides is 1. The third kappa shape index (κ3) is 4.62. The Morgan fingerprint density at radius 3 is 2.50 bits per heavy atom. The number of aromatic hydroxyl groups is 2. The van der Waals surface area contributed by atoms with Crippen molar-refractivity contribution < 1.29 is 19.9 Å². The van der Waals surface area contributed by atoms with Gasteiger partial charge < -0.3 is 21.3 Å². The zero-order valence-corrected chi connectivity index (χ0v) is 13.0. The molecule has 5 N–H and O–H groups in total. The van der Waals surface area contributed by atoms with E-state index in [1.807, 2.05) is 0 Å². The molecule has 0 saturated carbocycles. The quantitative estimate of drug-likeness (QED) is 0.167. The minimum absolute atomic E-state index is 0. The molecule has 0 aliphatic rings. The molecule has 9 heteroatoms. The first-order chi connectivity index (χ1) is 10.9. The number of rotatable bonds is 4. The van der Waals surface area contributed by atoms with E-state index < -0.39 is 10.8 Å². The van der Waals surface area contributed by atoms with Crippen molar-refractivity contribution in [3.05, 3.63) is 58.2 Å². The summed E-state index contributed by atoms with van der Waals surface area (Å²) < 4.78 is 0. The molecule has 2 aromatic rings. The second-order valence-corrected chi connectivity index (χ2v) is 4.60. The molecule has 2 rings (SSSR count). The number of nitrogens with one attached hydrogen (secondary N) is 1. The van der Waals surface area contributed by atoms with E-state index in [4.69, 9.17) is 5.73 Å². The molecule has 0 heterocycles. The molecule has 0 aliphatic heterocycles. The molecule has 24 heavy (non-hydrogen) atoms. The van der Waals surface area contributed by atoms with E-state index in [9.17, 15) is 25.1 Å². The second kappa shape index (κ2) is 7.84. The van der Waals surface area contributed by atoms with E-state index in [2.05, 4.69) is 5.32 Å². The Morgan fingerprint density at radius 2 is 1.83 bits per heavy atom. The van der Waals surface area contributed by atoms with Gasteiger partial charge in [0.1, 0.15) is 11.5 Å². The topological polar surface area (TPSA) is 139 Å². The van der Waals surface area contributed by atoms with Crippen LogP contribution < -0.4 is 11.1 Å². The van der Waals surface area contributed by atoms with Gasteiger partial charge in [0.15, 0.2) is 0 Å². The van der Waals surface area contributed by atoms with E-state index in [1.165, 1.54) is 24.3 Å². The van der Waals surface area contributed by atoms with E-state index in [0.717, 1.165) is 24.3 Å². The number of carbonyl (C=O) groups is 1. The monoisotopic (exact) mass is 351 g/mol. The molecule has 1 amide bonds. The maximum atomic E-state index is 11.8. The predicted octanol–water partition coefficient (Wildman–Crippen LogP) is 2.66. The summed E-state index contributed by atoms with van der Waals surface area (Å²) >= 11 is 0. The first-order valence-corrected chi connectivity index (χ1v) is 6.42. The van der Waals surface area contributed by atoms with Crippen LogP contribution in [0.2, 0.25) is 0 Å². The van der Waals surface area contributed by atoms with Gasteiger partial charge in [0.2, 0.25) is 5.91 Å². The van der Waals surface area contributed by atoms with Crippen molar-refractivity contribution in [2.75, 3.05) is 11.1 Å². The van der Waals surface area contributed by atoms with Crippen LogP contribution in [0.3, 0.4) is 0 Å². The Kier molecular flexibility index (Phi) is 6.14. The molecule has 0 saturated heterocycles. The summed E-state index contributed by atoms with van der Waals surface area (Å²) in [5.74, 6) is -0.992. The number of nitro benzene ring substituents is 1. The number of nitrogens with two attached hydrogens (primary N) is 1. The lowest BCUT2D eigenvalue weighted by molar-refractivity contribution is -0.384. The lowest BCUT2D eigenvalue weighted by Gasteiger charge is -2.05. The van der Waals surface area contributed by atoms with E-state index in [0.29, 0.717) is 11.3 Å². The molecule has 0 radical (unpaired) electrons. The number of nitro groups is 1. The molecule has 0 spiro atoms. The zero-order valence-electron chi connectivity index (χ0n) is 12.2. The highest BCUT2D eigenvalue weighted by molar-refractivity contribution is 6.03. The van der Waals surface area contributed by atoms with Crippen molar-refractivity contribution in [2.24, 2.45) is 0 Å². The van der Waals surface area contributed by atoms with Crippen molar-refractivity contribution in [3.63, 3.8) is 0 Å². The Bertz CT molecular complexity index is 808. The van der Waals surface area contributed by atoms with Gasteiger partial charge in [0, 0.05) is 29.5 Å². The number of halogens is 1. The predicted molar refractivity (Wildman–Crippen MR) is 92.2 cm³/mol. The Labute approximate surface area is 142 Å². The third-order valence-electron chi connectivity index (χ3n) is 2.91. The second-order valence-electron chi connectivity index (χ2n) is 4.60. The highest BCUT2D eigenvalue weighted by Gasteiger charge is 2.11.